The van der Waals surface area contributed by atoms with Crippen molar-refractivity contribution in [1.29, 1.82) is 0 Å². The Morgan fingerprint density at radius 1 is 1.29 bits per heavy atom. The zero-order chi connectivity index (χ0) is 18.0. The van der Waals surface area contributed by atoms with Crippen molar-refractivity contribution in [1.82, 2.24) is 9.97 Å². The van der Waals surface area contributed by atoms with E-state index < -0.39 is 0 Å². The molecule has 2 heterocycles. The van der Waals surface area contributed by atoms with E-state index in [2.05, 4.69) is 57.0 Å². The van der Waals surface area contributed by atoms with Gasteiger partial charge in [0.1, 0.15) is 5.15 Å². The predicted molar refractivity (Wildman–Crippen MR) is 113 cm³/mol. The normalized spacial score (nSPS) is 19.0. The molecule has 3 nitrogen and oxygen atoms in total. The van der Waals surface area contributed by atoms with Gasteiger partial charge < -0.3 is 0 Å². The Balaban J connectivity index is 0.00000100. The molecule has 24 heavy (non-hydrogen) atoms. The second-order valence-electron chi connectivity index (χ2n) is 5.34. The van der Waals surface area contributed by atoms with E-state index in [0.29, 0.717) is 16.2 Å². The number of benzene rings is 1. The largest absolute Gasteiger partial charge is 0.280 e. The molecule has 1 aliphatic heterocycles. The van der Waals surface area contributed by atoms with E-state index in [9.17, 15) is 0 Å². The van der Waals surface area contributed by atoms with Gasteiger partial charge in [0.05, 0.1) is 21.4 Å². The first-order valence-corrected chi connectivity index (χ1v) is 10.8. The minimum absolute atomic E-state index is 0.250. The third kappa shape index (κ3) is 3.65. The fourth-order valence-electron chi connectivity index (χ4n) is 2.52. The summed E-state index contributed by atoms with van der Waals surface area (Å²) < 4.78 is 0.970. The number of rotatable bonds is 2. The van der Waals surface area contributed by atoms with Crippen LogP contribution in [0.2, 0.25) is 5.15 Å². The van der Waals surface area contributed by atoms with Gasteiger partial charge >= 0.3 is 0 Å². The van der Waals surface area contributed by atoms with Crippen molar-refractivity contribution in [3.8, 4) is 0 Å². The quantitative estimate of drug-likeness (QED) is 0.301. The highest BCUT2D eigenvalue weighted by atomic mass is 79.9. The van der Waals surface area contributed by atoms with Crippen LogP contribution in [0.4, 0.5) is 0 Å². The molecule has 3 atom stereocenters. The van der Waals surface area contributed by atoms with Gasteiger partial charge in [0, 0.05) is 15.9 Å². The van der Waals surface area contributed by atoms with Gasteiger partial charge in [0.15, 0.2) is 5.16 Å². The van der Waals surface area contributed by atoms with Gasteiger partial charge in [0.2, 0.25) is 0 Å². The Morgan fingerprint density at radius 2 is 1.96 bits per heavy atom. The Morgan fingerprint density at radius 3 is 2.58 bits per heavy atom. The number of halogens is 2. The van der Waals surface area contributed by atoms with Crippen LogP contribution in [0.1, 0.15) is 34.6 Å². The van der Waals surface area contributed by atoms with Crippen LogP contribution < -0.4 is 15.9 Å². The van der Waals surface area contributed by atoms with Crippen molar-refractivity contribution in [3.63, 3.8) is 0 Å². The fraction of sp³-hybridized carbons (Fsp3) is 0.471. The van der Waals surface area contributed by atoms with Crippen LogP contribution in [0.3, 0.4) is 0 Å². The number of hydrogen-bond donors (Lipinski definition) is 0. The van der Waals surface area contributed by atoms with E-state index in [1.165, 1.54) is 0 Å². The molecule has 0 saturated heterocycles. The second-order valence-corrected chi connectivity index (χ2v) is 8.30. The van der Waals surface area contributed by atoms with Crippen LogP contribution in [0.25, 0.3) is 17.0 Å². The molecule has 1 aromatic heterocycles. The van der Waals surface area contributed by atoms with Crippen molar-refractivity contribution >= 4 is 70.8 Å². The first-order chi connectivity index (χ1) is 11.4. The summed E-state index contributed by atoms with van der Waals surface area (Å²) in [7, 11) is 2.75. The zero-order valence-electron chi connectivity index (χ0n) is 14.5. The lowest BCUT2D eigenvalue weighted by Gasteiger charge is -2.19. The summed E-state index contributed by atoms with van der Waals surface area (Å²) in [5.41, 5.74) is 0.875. The molecule has 0 fully saturated rings. The molecule has 0 aliphatic carbocycles. The molecule has 0 saturated carbocycles. The maximum absolute atomic E-state index is 6.49. The van der Waals surface area contributed by atoms with Gasteiger partial charge in [-0.3, -0.25) is 4.99 Å². The number of nitrogens with zero attached hydrogens (tertiary/aromatic N) is 3. The first-order valence-electron chi connectivity index (χ1n) is 8.10. The van der Waals surface area contributed by atoms with Crippen molar-refractivity contribution in [3.05, 3.63) is 20.2 Å². The Bertz CT molecular complexity index is 888. The minimum Gasteiger partial charge on any atom is -0.280 e. The number of thioether (sulfide) groups is 1. The number of fused-ring (bicyclic) bond motifs is 3. The SMILES string of the molecule is CC.CCSc1nc(Cl)c2c3c(c(Br)c(P)c2n1)=NC(C)C(C)C=3. The minimum atomic E-state index is 0.250. The summed E-state index contributed by atoms with van der Waals surface area (Å²) in [5, 5.41) is 5.08. The van der Waals surface area contributed by atoms with E-state index in [1.807, 2.05) is 13.8 Å². The molecule has 0 radical (unpaired) electrons. The van der Waals surface area contributed by atoms with Gasteiger partial charge in [-0.1, -0.05) is 57.1 Å². The van der Waals surface area contributed by atoms with E-state index in [1.54, 1.807) is 11.8 Å². The Hall–Kier alpha value is -0.220. The number of hydrogen-bond acceptors (Lipinski definition) is 4. The molecule has 130 valence electrons. The van der Waals surface area contributed by atoms with Gasteiger partial charge in [-0.25, -0.2) is 9.97 Å². The van der Waals surface area contributed by atoms with Crippen molar-refractivity contribution < 1.29 is 0 Å². The maximum Gasteiger partial charge on any atom is 0.189 e. The van der Waals surface area contributed by atoms with Crippen LogP contribution in [0, 0.1) is 5.92 Å². The topological polar surface area (TPSA) is 38.1 Å². The molecular formula is C17H22BrClN3PS. The van der Waals surface area contributed by atoms with Crippen molar-refractivity contribution in [2.24, 2.45) is 10.9 Å². The van der Waals surface area contributed by atoms with Gasteiger partial charge in [-0.05, 0) is 34.5 Å². The Kier molecular flexibility index (Phi) is 7.07. The molecule has 0 amide bonds. The summed E-state index contributed by atoms with van der Waals surface area (Å²) in [4.78, 5) is 14.0. The lowest BCUT2D eigenvalue weighted by molar-refractivity contribution is 0.586. The smallest absolute Gasteiger partial charge is 0.189 e. The third-order valence-electron chi connectivity index (χ3n) is 3.86. The molecule has 3 rings (SSSR count). The summed E-state index contributed by atoms with van der Waals surface area (Å²) in [6.45, 7) is 10.4. The van der Waals surface area contributed by atoms with Gasteiger partial charge in [-0.2, -0.15) is 0 Å². The molecule has 0 spiro atoms. The summed E-state index contributed by atoms with van der Waals surface area (Å²) in [5.74, 6) is 1.27. The monoisotopic (exact) mass is 445 g/mol. The van der Waals surface area contributed by atoms with Gasteiger partial charge in [0.25, 0.3) is 0 Å². The number of aromatic nitrogens is 2. The third-order valence-corrected chi connectivity index (χ3v) is 6.66. The van der Waals surface area contributed by atoms with Crippen molar-refractivity contribution in [2.45, 2.75) is 45.8 Å². The lowest BCUT2D eigenvalue weighted by Crippen LogP contribution is -2.38. The van der Waals surface area contributed by atoms with E-state index in [4.69, 9.17) is 21.6 Å². The zero-order valence-corrected chi connectivity index (χ0v) is 18.8. The fourth-order valence-corrected chi connectivity index (χ4v) is 4.26. The van der Waals surface area contributed by atoms with Crippen LogP contribution in [0.15, 0.2) is 14.6 Å². The van der Waals surface area contributed by atoms with Crippen LogP contribution in [-0.4, -0.2) is 21.8 Å². The second kappa shape index (κ2) is 8.44. The standard InChI is InChI=1S/C15H16BrClN3PS.C2H6/c1-4-22-15-19-12-9(14(17)20-15)8-5-6(2)7(3)18-11(8)10(16)13(12)21;1-2/h5-7H,4,21H2,1-3H3;1-2H3. The molecule has 7 heteroatoms. The molecule has 0 bridgehead atoms. The molecule has 0 N–H and O–H groups in total. The van der Waals surface area contributed by atoms with Gasteiger partial charge in [-0.15, -0.1) is 9.24 Å². The lowest BCUT2D eigenvalue weighted by atomic mass is 9.98. The highest BCUT2D eigenvalue weighted by Crippen LogP contribution is 2.24. The average Bonchev–Trinajstić information content (AvgIpc) is 2.56. The highest BCUT2D eigenvalue weighted by molar-refractivity contribution is 9.10. The van der Waals surface area contributed by atoms with E-state index >= 15 is 0 Å². The van der Waals surface area contributed by atoms with E-state index in [-0.39, 0.29) is 6.04 Å². The molecular weight excluding hydrogens is 425 g/mol. The van der Waals surface area contributed by atoms with E-state index in [0.717, 1.165) is 37.0 Å². The van der Waals surface area contributed by atoms with Crippen LogP contribution >= 0.6 is 48.5 Å². The van der Waals surface area contributed by atoms with Crippen molar-refractivity contribution in [2.75, 3.05) is 5.75 Å². The highest BCUT2D eigenvalue weighted by Gasteiger charge is 2.20. The average molecular weight is 447 g/mol. The molecule has 3 unspecified atom stereocenters. The predicted octanol–water partition coefficient (Wildman–Crippen LogP) is 4.12. The first kappa shape index (κ1) is 20.1. The molecule has 1 aliphatic rings. The maximum atomic E-state index is 6.49. The van der Waals surface area contributed by atoms with Crippen LogP contribution in [-0.2, 0) is 0 Å². The van der Waals surface area contributed by atoms with Crippen LogP contribution in [0.5, 0.6) is 0 Å². The summed E-state index contributed by atoms with van der Waals surface area (Å²) in [6, 6.07) is 0.250. The molecule has 1 aromatic carbocycles. The summed E-state index contributed by atoms with van der Waals surface area (Å²) >= 11 is 11.8. The Labute approximate surface area is 163 Å². The molecule has 2 aromatic rings. The summed E-state index contributed by atoms with van der Waals surface area (Å²) in [6.07, 6.45) is 2.23.